The maximum absolute atomic E-state index is 12.7. The van der Waals surface area contributed by atoms with Crippen LogP contribution in [-0.2, 0) is 28.7 Å². The third-order valence-corrected chi connectivity index (χ3v) is 5.14. The predicted octanol–water partition coefficient (Wildman–Crippen LogP) is 1.22. The molecule has 0 aliphatic carbocycles. The smallest absolute Gasteiger partial charge is 0.367 e. The molecule has 0 N–H and O–H groups in total. The first-order valence-electron chi connectivity index (χ1n) is 9.53. The molecule has 1 amide bonds. The van der Waals surface area contributed by atoms with Crippen LogP contribution in [-0.4, -0.2) is 77.0 Å². The molecule has 176 valence electrons. The molecule has 1 fully saturated rings. The van der Waals surface area contributed by atoms with Crippen LogP contribution < -0.4 is 0 Å². The van der Waals surface area contributed by atoms with E-state index in [1.165, 1.54) is 4.90 Å². The number of rotatable bonds is 14. The van der Waals surface area contributed by atoms with Crippen molar-refractivity contribution in [2.75, 3.05) is 38.7 Å². The first-order chi connectivity index (χ1) is 14.7. The highest BCUT2D eigenvalue weighted by Gasteiger charge is 2.37. The van der Waals surface area contributed by atoms with Crippen LogP contribution in [0.15, 0.2) is 0 Å². The largest absolute Gasteiger partial charge is 0.464 e. The van der Waals surface area contributed by atoms with Gasteiger partial charge >= 0.3 is 11.3 Å². The van der Waals surface area contributed by atoms with Gasteiger partial charge in [0, 0.05) is 31.1 Å². The standard InChI is InChI=1S/C16H25N3O11S/c1-12(11-31-16(22)28-8-4-10-30-19(25)26)14(20)17-6-2-5-13(17)15(21)27-7-3-9-29-18(23)24/h12-13H,2-11H2,1H3/t12-,13+/m1/s1. The summed E-state index contributed by atoms with van der Waals surface area (Å²) in [5.74, 6) is -1.30. The van der Waals surface area contributed by atoms with Crippen molar-refractivity contribution >= 4 is 28.9 Å². The van der Waals surface area contributed by atoms with Gasteiger partial charge < -0.3 is 24.0 Å². The summed E-state index contributed by atoms with van der Waals surface area (Å²) in [6.45, 7) is 1.53. The van der Waals surface area contributed by atoms with Crippen LogP contribution >= 0.6 is 11.8 Å². The predicted molar refractivity (Wildman–Crippen MR) is 104 cm³/mol. The zero-order chi connectivity index (χ0) is 23.2. The summed E-state index contributed by atoms with van der Waals surface area (Å²) in [6.07, 6.45) is 1.40. The van der Waals surface area contributed by atoms with Crippen LogP contribution in [0.25, 0.3) is 0 Å². The van der Waals surface area contributed by atoms with Gasteiger partial charge in [-0.1, -0.05) is 6.92 Å². The van der Waals surface area contributed by atoms with Crippen LogP contribution in [0.1, 0.15) is 32.6 Å². The SMILES string of the molecule is C[C@H](CSC(=O)OCCCO[N+](=O)[O-])C(=O)N1CCC[C@H]1C(=O)OCCCO[N+](=O)[O-]. The molecular formula is C16H25N3O11S. The number of amides is 1. The Labute approximate surface area is 181 Å². The van der Waals surface area contributed by atoms with Crippen molar-refractivity contribution in [3.8, 4) is 0 Å². The summed E-state index contributed by atoms with van der Waals surface area (Å²) in [4.78, 5) is 66.3. The highest BCUT2D eigenvalue weighted by Crippen LogP contribution is 2.23. The van der Waals surface area contributed by atoms with Crippen molar-refractivity contribution in [3.63, 3.8) is 0 Å². The number of nitrogens with zero attached hydrogens (tertiary/aromatic N) is 3. The molecule has 0 bridgehead atoms. The van der Waals surface area contributed by atoms with Crippen molar-refractivity contribution in [1.82, 2.24) is 4.90 Å². The second kappa shape index (κ2) is 14.2. The van der Waals surface area contributed by atoms with Crippen molar-refractivity contribution in [2.24, 2.45) is 5.92 Å². The van der Waals surface area contributed by atoms with E-state index in [4.69, 9.17) is 9.47 Å². The van der Waals surface area contributed by atoms with Gasteiger partial charge in [0.1, 0.15) is 6.04 Å². The maximum atomic E-state index is 12.7. The summed E-state index contributed by atoms with van der Waals surface area (Å²) in [5.41, 5.74) is 0. The molecule has 2 atom stereocenters. The number of esters is 1. The lowest BCUT2D eigenvalue weighted by Crippen LogP contribution is -2.44. The minimum atomic E-state index is -0.934. The average Bonchev–Trinajstić information content (AvgIpc) is 3.20. The number of carbonyl (C=O) groups is 3. The number of likely N-dealkylation sites (tertiary alicyclic amines) is 1. The van der Waals surface area contributed by atoms with Gasteiger partial charge in [-0.2, -0.15) is 0 Å². The Morgan fingerprint density at radius 3 is 2.19 bits per heavy atom. The summed E-state index contributed by atoms with van der Waals surface area (Å²) in [5, 5.41) is 17.6. The Morgan fingerprint density at radius 1 is 1.03 bits per heavy atom. The van der Waals surface area contributed by atoms with E-state index in [1.807, 2.05) is 0 Å². The van der Waals surface area contributed by atoms with E-state index in [0.29, 0.717) is 19.4 Å². The monoisotopic (exact) mass is 467 g/mol. The quantitative estimate of drug-likeness (QED) is 0.155. The van der Waals surface area contributed by atoms with Gasteiger partial charge in [-0.25, -0.2) is 9.59 Å². The first kappa shape index (κ1) is 26.2. The summed E-state index contributed by atoms with van der Waals surface area (Å²) in [6, 6.07) is -0.732. The second-order valence-corrected chi connectivity index (χ2v) is 7.44. The number of carbonyl (C=O) groups excluding carboxylic acids is 3. The minimum Gasteiger partial charge on any atom is -0.464 e. The fraction of sp³-hybridized carbons (Fsp3) is 0.812. The van der Waals surface area contributed by atoms with Crippen LogP contribution in [0.4, 0.5) is 4.79 Å². The van der Waals surface area contributed by atoms with E-state index in [1.54, 1.807) is 6.92 Å². The molecule has 0 radical (unpaired) electrons. The van der Waals surface area contributed by atoms with E-state index >= 15 is 0 Å². The number of hydrogen-bond donors (Lipinski definition) is 0. The molecule has 1 aliphatic heterocycles. The zero-order valence-electron chi connectivity index (χ0n) is 17.0. The van der Waals surface area contributed by atoms with Gasteiger partial charge in [-0.15, -0.1) is 20.2 Å². The Hall–Kier alpha value is -2.84. The Balaban J connectivity index is 2.32. The lowest BCUT2D eigenvalue weighted by atomic mass is 10.1. The van der Waals surface area contributed by atoms with E-state index in [2.05, 4.69) is 9.68 Å². The van der Waals surface area contributed by atoms with Gasteiger partial charge in [-0.05, 0) is 24.6 Å². The second-order valence-electron chi connectivity index (χ2n) is 6.49. The molecule has 14 nitrogen and oxygen atoms in total. The van der Waals surface area contributed by atoms with Crippen molar-refractivity contribution < 1.29 is 43.7 Å². The van der Waals surface area contributed by atoms with E-state index in [0.717, 1.165) is 11.8 Å². The molecule has 1 saturated heterocycles. The number of ether oxygens (including phenoxy) is 2. The summed E-state index contributed by atoms with van der Waals surface area (Å²) >= 11 is 0.799. The maximum Gasteiger partial charge on any atom is 0.367 e. The van der Waals surface area contributed by atoms with Crippen molar-refractivity contribution in [3.05, 3.63) is 20.2 Å². The van der Waals surface area contributed by atoms with E-state index < -0.39 is 33.4 Å². The molecule has 0 spiro atoms. The van der Waals surface area contributed by atoms with Gasteiger partial charge in [-0.3, -0.25) is 4.79 Å². The fourth-order valence-electron chi connectivity index (χ4n) is 2.69. The number of thioether (sulfide) groups is 1. The van der Waals surface area contributed by atoms with Gasteiger partial charge in [0.25, 0.3) is 10.2 Å². The topological polar surface area (TPSA) is 178 Å². The fourth-order valence-corrected chi connectivity index (χ4v) is 3.38. The van der Waals surface area contributed by atoms with Gasteiger partial charge in [0.15, 0.2) is 0 Å². The molecule has 15 heteroatoms. The molecule has 0 aromatic heterocycles. The molecule has 0 unspecified atom stereocenters. The molecule has 1 aliphatic rings. The average molecular weight is 467 g/mol. The molecule has 0 aromatic rings. The van der Waals surface area contributed by atoms with E-state index in [-0.39, 0.29) is 50.9 Å². The van der Waals surface area contributed by atoms with Gasteiger partial charge in [0.05, 0.1) is 26.4 Å². The minimum absolute atomic E-state index is 0.0469. The lowest BCUT2D eigenvalue weighted by molar-refractivity contribution is -0.757. The summed E-state index contributed by atoms with van der Waals surface area (Å²) < 4.78 is 9.97. The van der Waals surface area contributed by atoms with Crippen molar-refractivity contribution in [2.45, 2.75) is 38.6 Å². The summed E-state index contributed by atoms with van der Waals surface area (Å²) in [7, 11) is 0. The molecule has 1 rings (SSSR count). The lowest BCUT2D eigenvalue weighted by Gasteiger charge is -2.26. The Kier molecular flexibility index (Phi) is 12.0. The highest BCUT2D eigenvalue weighted by molar-refractivity contribution is 8.13. The van der Waals surface area contributed by atoms with Crippen LogP contribution in [0.2, 0.25) is 0 Å². The van der Waals surface area contributed by atoms with Crippen LogP contribution in [0.5, 0.6) is 0 Å². The number of hydrogen-bond acceptors (Lipinski definition) is 12. The third kappa shape index (κ3) is 10.7. The van der Waals surface area contributed by atoms with E-state index in [9.17, 15) is 34.6 Å². The van der Waals surface area contributed by atoms with Crippen molar-refractivity contribution in [1.29, 1.82) is 0 Å². The first-order valence-corrected chi connectivity index (χ1v) is 10.5. The highest BCUT2D eigenvalue weighted by atomic mass is 32.2. The normalized spacial score (nSPS) is 16.3. The molecule has 0 saturated carbocycles. The van der Waals surface area contributed by atoms with Crippen LogP contribution in [0, 0.1) is 26.1 Å². The third-order valence-electron chi connectivity index (χ3n) is 4.12. The Bertz CT molecular complexity index is 648. The molecule has 1 heterocycles. The zero-order valence-corrected chi connectivity index (χ0v) is 17.8. The molecular weight excluding hydrogens is 442 g/mol. The Morgan fingerprint density at radius 2 is 1.61 bits per heavy atom. The molecule has 31 heavy (non-hydrogen) atoms. The van der Waals surface area contributed by atoms with Crippen LogP contribution in [0.3, 0.4) is 0 Å². The van der Waals surface area contributed by atoms with Gasteiger partial charge in [0.2, 0.25) is 5.91 Å². The molecule has 0 aromatic carbocycles.